The standard InChI is InChI=1S/C34H37N3O/c1-32(2,3)22-37-30-15-11-10-14-28(30)33(4,5)34(37)21-35-29-20-27(23-16-18-24(19-17-23)36(6)7)25-12-8-9-13-26(25)31(29)38-34/h8-21H,22H2,1-7H3. The molecule has 0 aromatic heterocycles. The molecule has 4 nitrogen and oxygen atoms in total. The van der Waals surface area contributed by atoms with Crippen molar-refractivity contribution in [2.75, 3.05) is 30.4 Å². The minimum Gasteiger partial charge on any atom is -0.459 e. The van der Waals surface area contributed by atoms with Crippen molar-refractivity contribution in [3.63, 3.8) is 0 Å². The molecule has 2 aliphatic heterocycles. The normalized spacial score (nSPS) is 19.4. The molecule has 0 amide bonds. The Morgan fingerprint density at radius 1 is 0.868 bits per heavy atom. The summed E-state index contributed by atoms with van der Waals surface area (Å²) in [6, 6.07) is 28.2. The van der Waals surface area contributed by atoms with Crippen LogP contribution >= 0.6 is 0 Å². The van der Waals surface area contributed by atoms with E-state index in [2.05, 4.69) is 144 Å². The predicted octanol–water partition coefficient (Wildman–Crippen LogP) is 8.21. The van der Waals surface area contributed by atoms with E-state index in [4.69, 9.17) is 9.73 Å². The van der Waals surface area contributed by atoms with Gasteiger partial charge in [0, 0.05) is 37.4 Å². The van der Waals surface area contributed by atoms with E-state index in [0.717, 1.165) is 23.4 Å². The number of ether oxygens (including phenoxy) is 1. The van der Waals surface area contributed by atoms with Gasteiger partial charge in [-0.15, -0.1) is 0 Å². The largest absolute Gasteiger partial charge is 0.459 e. The van der Waals surface area contributed by atoms with Crippen molar-refractivity contribution in [3.8, 4) is 16.9 Å². The van der Waals surface area contributed by atoms with Crippen LogP contribution in [0.5, 0.6) is 5.75 Å². The summed E-state index contributed by atoms with van der Waals surface area (Å²) < 4.78 is 7.26. The van der Waals surface area contributed by atoms with Crippen LogP contribution in [0.25, 0.3) is 21.9 Å². The van der Waals surface area contributed by atoms with Gasteiger partial charge in [-0.2, -0.15) is 0 Å². The zero-order valence-corrected chi connectivity index (χ0v) is 23.5. The van der Waals surface area contributed by atoms with Gasteiger partial charge in [0.25, 0.3) is 0 Å². The van der Waals surface area contributed by atoms with Gasteiger partial charge in [-0.25, -0.2) is 0 Å². The third kappa shape index (κ3) is 3.61. The number of hydrogen-bond acceptors (Lipinski definition) is 4. The molecule has 6 rings (SSSR count). The van der Waals surface area contributed by atoms with Gasteiger partial charge in [-0.3, -0.25) is 4.99 Å². The molecule has 194 valence electrons. The van der Waals surface area contributed by atoms with Crippen LogP contribution in [0.15, 0.2) is 83.9 Å². The van der Waals surface area contributed by atoms with Crippen LogP contribution in [0.4, 0.5) is 17.1 Å². The molecule has 1 spiro atoms. The summed E-state index contributed by atoms with van der Waals surface area (Å²) in [5, 5.41) is 2.27. The molecule has 4 aromatic rings. The minimum atomic E-state index is -0.728. The van der Waals surface area contributed by atoms with E-state index < -0.39 is 5.72 Å². The monoisotopic (exact) mass is 503 g/mol. The van der Waals surface area contributed by atoms with Crippen molar-refractivity contribution in [2.45, 2.75) is 45.8 Å². The molecule has 2 heterocycles. The van der Waals surface area contributed by atoms with Crippen LogP contribution in [-0.4, -0.2) is 32.6 Å². The van der Waals surface area contributed by atoms with Crippen LogP contribution in [0.1, 0.15) is 40.2 Å². The van der Waals surface area contributed by atoms with Gasteiger partial charge in [0.1, 0.15) is 5.69 Å². The van der Waals surface area contributed by atoms with Crippen LogP contribution in [0.3, 0.4) is 0 Å². The van der Waals surface area contributed by atoms with Gasteiger partial charge >= 0.3 is 0 Å². The highest BCUT2D eigenvalue weighted by atomic mass is 16.5. The number of benzene rings is 4. The molecule has 0 radical (unpaired) electrons. The number of nitrogens with zero attached hydrogens (tertiary/aromatic N) is 3. The third-order valence-electron chi connectivity index (χ3n) is 8.10. The highest BCUT2D eigenvalue weighted by Gasteiger charge is 2.60. The number of hydrogen-bond donors (Lipinski definition) is 0. The zero-order chi connectivity index (χ0) is 26.9. The Kier molecular flexibility index (Phi) is 5.40. The first-order valence-electron chi connectivity index (χ1n) is 13.5. The van der Waals surface area contributed by atoms with E-state index >= 15 is 0 Å². The van der Waals surface area contributed by atoms with Gasteiger partial charge in [-0.05, 0) is 65.6 Å². The van der Waals surface area contributed by atoms with E-state index in [1.165, 1.54) is 33.5 Å². The second-order valence-electron chi connectivity index (χ2n) is 12.6. The van der Waals surface area contributed by atoms with E-state index in [-0.39, 0.29) is 10.8 Å². The molecular weight excluding hydrogens is 466 g/mol. The summed E-state index contributed by atoms with van der Waals surface area (Å²) >= 11 is 0. The van der Waals surface area contributed by atoms with Crippen LogP contribution < -0.4 is 14.5 Å². The lowest BCUT2D eigenvalue weighted by Crippen LogP contribution is -2.63. The zero-order valence-electron chi connectivity index (χ0n) is 23.5. The quantitative estimate of drug-likeness (QED) is 0.282. The maximum atomic E-state index is 7.26. The first-order chi connectivity index (χ1) is 18.0. The van der Waals surface area contributed by atoms with E-state index in [9.17, 15) is 0 Å². The molecule has 4 aromatic carbocycles. The number of anilines is 2. The Hall–Kier alpha value is -3.79. The van der Waals surface area contributed by atoms with Gasteiger partial charge in [0.2, 0.25) is 5.72 Å². The second kappa shape index (κ2) is 8.36. The van der Waals surface area contributed by atoms with E-state index in [0.29, 0.717) is 0 Å². The number of aliphatic imine (C=N–C) groups is 1. The second-order valence-corrected chi connectivity index (χ2v) is 12.6. The molecule has 0 N–H and O–H groups in total. The van der Waals surface area contributed by atoms with Crippen molar-refractivity contribution in [2.24, 2.45) is 10.4 Å². The fourth-order valence-electron chi connectivity index (χ4n) is 6.09. The minimum absolute atomic E-state index is 0.0721. The number of fused-ring (bicyclic) bond motifs is 4. The lowest BCUT2D eigenvalue weighted by Gasteiger charge is -2.48. The summed E-state index contributed by atoms with van der Waals surface area (Å²) in [7, 11) is 4.13. The molecule has 2 aliphatic rings. The highest BCUT2D eigenvalue weighted by molar-refractivity contribution is 6.05. The smallest absolute Gasteiger partial charge is 0.228 e. The van der Waals surface area contributed by atoms with Gasteiger partial charge in [-0.1, -0.05) is 75.4 Å². The Morgan fingerprint density at radius 2 is 1.53 bits per heavy atom. The highest BCUT2D eigenvalue weighted by Crippen LogP contribution is 2.56. The summed E-state index contributed by atoms with van der Waals surface area (Å²) in [5.41, 5.74) is 5.96. The average molecular weight is 504 g/mol. The first-order valence-corrected chi connectivity index (χ1v) is 13.5. The Bertz CT molecular complexity index is 1560. The van der Waals surface area contributed by atoms with Crippen molar-refractivity contribution in [1.82, 2.24) is 0 Å². The topological polar surface area (TPSA) is 28.1 Å². The van der Waals surface area contributed by atoms with Gasteiger partial charge in [0.15, 0.2) is 5.75 Å². The summed E-state index contributed by atoms with van der Waals surface area (Å²) in [5.74, 6) is 0.858. The Balaban J connectivity index is 1.54. The van der Waals surface area contributed by atoms with E-state index in [1.54, 1.807) is 0 Å². The maximum Gasteiger partial charge on any atom is 0.228 e. The molecule has 4 heteroatoms. The molecule has 0 saturated heterocycles. The number of para-hydroxylation sites is 1. The molecule has 0 bridgehead atoms. The summed E-state index contributed by atoms with van der Waals surface area (Å²) in [6.07, 6.45) is 2.06. The summed E-state index contributed by atoms with van der Waals surface area (Å²) in [4.78, 5) is 9.73. The SMILES string of the molecule is CN(C)c1ccc(-c2cc3c(c4ccccc24)OC2(C=N3)N(CC(C)(C)C)c3ccccc3C2(C)C)cc1. The fraction of sp³-hybridized carbons (Fsp3) is 0.324. The molecule has 1 unspecified atom stereocenters. The average Bonchev–Trinajstić information content (AvgIpc) is 3.06. The summed E-state index contributed by atoms with van der Waals surface area (Å²) in [6.45, 7) is 12.3. The molecule has 1 atom stereocenters. The van der Waals surface area contributed by atoms with Crippen molar-refractivity contribution < 1.29 is 4.74 Å². The Morgan fingerprint density at radius 3 is 2.21 bits per heavy atom. The molecule has 0 fully saturated rings. The van der Waals surface area contributed by atoms with Gasteiger partial charge < -0.3 is 14.5 Å². The lowest BCUT2D eigenvalue weighted by atomic mass is 9.77. The third-order valence-corrected chi connectivity index (χ3v) is 8.10. The number of rotatable bonds is 3. The molecule has 38 heavy (non-hydrogen) atoms. The fourth-order valence-corrected chi connectivity index (χ4v) is 6.09. The molecule has 0 saturated carbocycles. The van der Waals surface area contributed by atoms with E-state index in [1.807, 2.05) is 0 Å². The first kappa shape index (κ1) is 24.5. The van der Waals surface area contributed by atoms with Crippen LogP contribution in [-0.2, 0) is 5.41 Å². The van der Waals surface area contributed by atoms with Crippen molar-refractivity contribution >= 4 is 34.0 Å². The lowest BCUT2D eigenvalue weighted by molar-refractivity contribution is 0.0731. The van der Waals surface area contributed by atoms with Crippen LogP contribution in [0, 0.1) is 5.41 Å². The molecular formula is C34H37N3O. The van der Waals surface area contributed by atoms with Crippen molar-refractivity contribution in [1.29, 1.82) is 0 Å². The van der Waals surface area contributed by atoms with Crippen molar-refractivity contribution in [3.05, 3.63) is 84.4 Å². The molecule has 0 aliphatic carbocycles. The maximum absolute atomic E-state index is 7.26. The van der Waals surface area contributed by atoms with Crippen LogP contribution in [0.2, 0.25) is 0 Å². The van der Waals surface area contributed by atoms with Gasteiger partial charge in [0.05, 0.1) is 11.6 Å². The predicted molar refractivity (Wildman–Crippen MR) is 161 cm³/mol. The Labute approximate surface area is 226 Å².